The van der Waals surface area contributed by atoms with Crippen LogP contribution in [0.3, 0.4) is 0 Å². The van der Waals surface area contributed by atoms with Gasteiger partial charge in [-0.3, -0.25) is 92.6 Å². The monoisotopic (exact) mass is 1600 g/mol. The number of pyridine rings is 3. The first-order valence-electron chi connectivity index (χ1n) is 38.2. The molecule has 0 radical (unpaired) electrons. The van der Waals surface area contributed by atoms with Gasteiger partial charge in [-0.25, -0.2) is 9.88 Å². The Morgan fingerprint density at radius 1 is 0.617 bits per heavy atom. The topological polar surface area (TPSA) is 554 Å². The molecule has 614 valence electrons. The molecule has 2 aromatic carbocycles. The third-order valence-corrected chi connectivity index (χ3v) is 20.5. The molecule has 35 nitrogen and oxygen atoms in total. The second-order valence-electron chi connectivity index (χ2n) is 29.3. The number of halogens is 1. The van der Waals surface area contributed by atoms with Crippen LogP contribution in [0.4, 0.5) is 0 Å². The molecule has 36 heteroatoms. The molecule has 12 amide bonds. The highest BCUT2D eigenvalue weighted by atomic mass is 35.5. The van der Waals surface area contributed by atoms with Crippen LogP contribution in [0.2, 0.25) is 5.02 Å². The molecule has 115 heavy (non-hydrogen) atoms. The van der Waals surface area contributed by atoms with E-state index in [1.165, 1.54) is 67.6 Å². The van der Waals surface area contributed by atoms with Gasteiger partial charge in [0.2, 0.25) is 35.4 Å². The maximum atomic E-state index is 17.1. The van der Waals surface area contributed by atoms with E-state index < -0.39 is 174 Å². The van der Waals surface area contributed by atoms with Crippen LogP contribution in [-0.2, 0) is 72.0 Å². The van der Waals surface area contributed by atoms with E-state index in [0.717, 1.165) is 18.7 Å². The summed E-state index contributed by atoms with van der Waals surface area (Å²) in [5.74, 6) is -17.0. The number of amides is 12. The van der Waals surface area contributed by atoms with Crippen LogP contribution in [0.1, 0.15) is 142 Å². The van der Waals surface area contributed by atoms with Crippen LogP contribution in [-0.4, -0.2) is 220 Å². The molecule has 1 aliphatic heterocycles. The van der Waals surface area contributed by atoms with E-state index >= 15 is 33.6 Å². The smallest absolute Gasteiger partial charge is 0.271 e. The van der Waals surface area contributed by atoms with Crippen molar-refractivity contribution in [3.63, 3.8) is 0 Å². The minimum absolute atomic E-state index is 0.00707. The van der Waals surface area contributed by atoms with Crippen LogP contribution < -0.4 is 65.9 Å². The van der Waals surface area contributed by atoms with Crippen molar-refractivity contribution in [2.75, 3.05) is 26.2 Å². The number of nitrogens with one attached hydrogen (secondary N) is 8. The molecular formula is C79H102ClN21O14. The Balaban J connectivity index is 1.22. The maximum absolute atomic E-state index is 17.1. The van der Waals surface area contributed by atoms with E-state index in [9.17, 15) is 33.9 Å². The number of benzene rings is 2. The number of nitrogens with two attached hydrogens (primary N) is 5. The van der Waals surface area contributed by atoms with E-state index in [0.29, 0.717) is 60.6 Å². The second kappa shape index (κ2) is 42.6. The number of hydrogen-bond acceptors (Lipinski definition) is 24. The number of aliphatic hydroxyl groups excluding tert-OH is 1. The van der Waals surface area contributed by atoms with Crippen LogP contribution >= 0.6 is 11.6 Å². The van der Waals surface area contributed by atoms with E-state index in [4.69, 9.17) is 45.7 Å². The Morgan fingerprint density at radius 3 is 1.96 bits per heavy atom. The summed E-state index contributed by atoms with van der Waals surface area (Å²) in [7, 11) is 0. The van der Waals surface area contributed by atoms with Gasteiger partial charge in [-0.05, 0) is 168 Å². The normalized spacial score (nSPS) is 17.2. The van der Waals surface area contributed by atoms with Gasteiger partial charge in [0.25, 0.3) is 35.4 Å². The van der Waals surface area contributed by atoms with Gasteiger partial charge in [0, 0.05) is 86.6 Å². The number of nitrogens with zero attached hydrogens (tertiary/aromatic N) is 8. The molecule has 2 fully saturated rings. The molecule has 5 heterocycles. The molecule has 0 spiro atoms. The average molecular weight is 1610 g/mol. The van der Waals surface area contributed by atoms with Crippen LogP contribution in [0, 0.1) is 17.2 Å². The van der Waals surface area contributed by atoms with Gasteiger partial charge in [0.05, 0.1) is 48.5 Å². The third-order valence-electron chi connectivity index (χ3n) is 20.2. The fourth-order valence-corrected chi connectivity index (χ4v) is 14.1. The molecule has 10 atom stereocenters. The van der Waals surface area contributed by atoms with Gasteiger partial charge >= 0.3 is 0 Å². The number of rotatable bonds is 38. The molecular weight excluding hydrogens is 1500 g/mol. The first kappa shape index (κ1) is 89.1. The van der Waals surface area contributed by atoms with Gasteiger partial charge in [-0.2, -0.15) is 0 Å². The average Bonchev–Trinajstić information content (AvgIpc) is 1.45. The summed E-state index contributed by atoms with van der Waals surface area (Å²) in [4.78, 5) is 219. The largest absolute Gasteiger partial charge is 0.394 e. The molecule has 0 bridgehead atoms. The highest BCUT2D eigenvalue weighted by Gasteiger charge is 2.60. The minimum atomic E-state index is -3.63. The Morgan fingerprint density at radius 2 is 1.30 bits per heavy atom. The summed E-state index contributed by atoms with van der Waals surface area (Å²) in [5, 5.41) is 38.5. The number of aliphatic hydroxyl groups is 1. The molecule has 1 saturated carbocycles. The van der Waals surface area contributed by atoms with Gasteiger partial charge < -0.3 is 75.9 Å². The fourth-order valence-electron chi connectivity index (χ4n) is 14.0. The summed E-state index contributed by atoms with van der Waals surface area (Å²) in [5.41, 5.74) is 30.4. The van der Waals surface area contributed by atoms with Crippen molar-refractivity contribution in [3.05, 3.63) is 161 Å². The van der Waals surface area contributed by atoms with Crippen molar-refractivity contribution in [1.29, 1.82) is 5.41 Å². The number of Topliss-reactive ketones (excluding diaryl/α,β-unsaturated/α-hetero) is 1. The zero-order chi connectivity index (χ0) is 83.6. The summed E-state index contributed by atoms with van der Waals surface area (Å²) >= 11 is 6.31. The number of aromatic nitrogens is 5. The van der Waals surface area contributed by atoms with E-state index in [2.05, 4.69) is 62.1 Å². The number of imide groups is 4. The minimum Gasteiger partial charge on any atom is -0.394 e. The Labute approximate surface area is 669 Å². The number of ketones is 1. The summed E-state index contributed by atoms with van der Waals surface area (Å²) in [6, 6.07) is 6.36. The number of guanidine groups is 1. The van der Waals surface area contributed by atoms with Crippen molar-refractivity contribution in [3.8, 4) is 0 Å². The van der Waals surface area contributed by atoms with Crippen LogP contribution in [0.5, 0.6) is 0 Å². The number of carbonyl (C=O) groups excluding carboxylic acids is 13. The fraction of sp³-hybridized carbons (Fsp3) is 0.456. The number of carbonyl (C=O) groups is 13. The molecule has 1 aliphatic carbocycles. The SMILES string of the molecule is CC(=O)N[C@H](Cc1cnc2ccccc2c1)C(=O)[C@@](C)(C(=O)N(C(=O)[C@H](CO)NC(=O)[C@H](N)Cc1cccnc1)C(=O)[C@@H](N)CC1CCC(NC(=O)c2cnccn2)CC1)N(C(=O)[C@H](N)Cc1ccc(Cl)cc1)C(=O)[C@@H]1CCCN1C(=O)[C@H](CCCNC(=N)N)NC(=O)[C@@H](NC(=O)[C@H](N)CCCCNC(=O)c1ccccn1)C(C)C. The Hall–Kier alpha value is -11.5. The van der Waals surface area contributed by atoms with Crippen LogP contribution in [0.25, 0.3) is 10.9 Å². The zero-order valence-corrected chi connectivity index (χ0v) is 65.3. The number of para-hydroxylation sites is 1. The van der Waals surface area contributed by atoms with Gasteiger partial charge in [-0.15, -0.1) is 0 Å². The van der Waals surface area contributed by atoms with Crippen molar-refractivity contribution in [2.45, 2.75) is 190 Å². The lowest BCUT2D eigenvalue weighted by molar-refractivity contribution is -0.174. The lowest BCUT2D eigenvalue weighted by atomic mass is 9.81. The Kier molecular flexibility index (Phi) is 33.0. The summed E-state index contributed by atoms with van der Waals surface area (Å²) in [6.45, 7) is 3.55. The molecule has 1 saturated heterocycles. The number of unbranched alkanes of at least 4 members (excludes halogenated alkanes) is 1. The highest BCUT2D eigenvalue weighted by molar-refractivity contribution is 6.30. The second-order valence-corrected chi connectivity index (χ2v) is 29.7. The Bertz CT molecular complexity index is 4430. The first-order valence-corrected chi connectivity index (χ1v) is 38.6. The van der Waals surface area contributed by atoms with E-state index in [-0.39, 0.29) is 102 Å². The number of likely N-dealkylation sites (tertiary alicyclic amines) is 1. The van der Waals surface area contributed by atoms with E-state index in [1.807, 2.05) is 0 Å². The molecule has 0 unspecified atom stereocenters. The standard InChI is InChI=1S/C79H102ClN21O14/c1-45(2)65(98-67(105)54(81)16-7-9-31-91-69(107)59-18-8-10-30-89-59)71(109)96-60(19-12-32-92-78(85)86)74(112)99-35-13-20-64(99)76(114)101(73(111)57(84)38-47-21-25-52(80)26-22-47)79(4,66(104)61(94-46(3)103)40-50-36-51-15-5-6-17-58(51)93-42-50)77(115)100(75(113)63(44-102)97-68(106)55(82)39-49-14-11-29-87-41-49)72(110)56(83)37-48-23-27-53(28-24-48)95-70(108)62-43-88-33-34-90-62/h5-6,8,10-11,14-15,17-18,21-22,25-26,29-30,33-34,36,41-43,45,48,53-57,60-61,63-65,102H,7,9,12-13,16,19-20,23-24,27-28,31-32,35,37-40,44,81-84H2,1-4H3,(H,91,107)(H,94,103)(H,95,108)(H,96,109)(H,97,106)(H,98,105)(H4,85,86,92)/t48?,53?,54-,55-,56+,57-,60+,61-,63+,64+,65+,79+/m1/s1. The summed E-state index contributed by atoms with van der Waals surface area (Å²) in [6.07, 6.45) is 9.85. The maximum Gasteiger partial charge on any atom is 0.271 e. The van der Waals surface area contributed by atoms with Crippen molar-refractivity contribution >= 4 is 105 Å². The summed E-state index contributed by atoms with van der Waals surface area (Å²) < 4.78 is 0. The van der Waals surface area contributed by atoms with Gasteiger partial charge in [0.15, 0.2) is 17.3 Å². The lowest BCUT2D eigenvalue weighted by Gasteiger charge is -2.44. The molecule has 6 aromatic rings. The van der Waals surface area contributed by atoms with Crippen molar-refractivity contribution in [1.82, 2.24) is 76.8 Å². The van der Waals surface area contributed by atoms with Gasteiger partial charge in [-0.1, -0.05) is 67.9 Å². The predicted molar refractivity (Wildman–Crippen MR) is 422 cm³/mol. The van der Waals surface area contributed by atoms with E-state index in [1.54, 1.807) is 74.5 Å². The quantitative estimate of drug-likeness (QED) is 0.0107. The zero-order valence-electron chi connectivity index (χ0n) is 64.6. The van der Waals surface area contributed by atoms with Crippen LogP contribution in [0.15, 0.2) is 128 Å². The molecule has 19 N–H and O–H groups in total. The van der Waals surface area contributed by atoms with Gasteiger partial charge in [0.1, 0.15) is 35.6 Å². The first-order chi connectivity index (χ1) is 54.9. The molecule has 2 aliphatic rings. The third kappa shape index (κ3) is 24.5. The predicted octanol–water partition coefficient (Wildman–Crippen LogP) is 0.211. The molecule has 8 rings (SSSR count). The lowest BCUT2D eigenvalue weighted by Crippen LogP contribution is -2.74. The molecule has 4 aromatic heterocycles. The van der Waals surface area contributed by atoms with Crippen molar-refractivity contribution in [2.24, 2.45) is 40.5 Å². The number of hydrogen-bond donors (Lipinski definition) is 14. The number of fused-ring (bicyclic) bond motifs is 1. The highest BCUT2D eigenvalue weighted by Crippen LogP contribution is 2.34. The van der Waals surface area contributed by atoms with Crippen molar-refractivity contribution < 1.29 is 67.4 Å².